The molecule has 1 saturated heterocycles. The first kappa shape index (κ1) is 24.0. The predicted molar refractivity (Wildman–Crippen MR) is 139 cm³/mol. The molecule has 1 N–H and O–H groups in total. The maximum absolute atomic E-state index is 12.8. The van der Waals surface area contributed by atoms with Crippen LogP contribution in [0.25, 0.3) is 6.08 Å². The molecule has 2 aromatic rings. The molecule has 0 aliphatic carbocycles. The second-order valence-electron chi connectivity index (χ2n) is 8.06. The van der Waals surface area contributed by atoms with Crippen molar-refractivity contribution in [2.45, 2.75) is 40.5 Å². The molecule has 1 aliphatic heterocycles. The van der Waals surface area contributed by atoms with Gasteiger partial charge < -0.3 is 5.32 Å². The summed E-state index contributed by atoms with van der Waals surface area (Å²) in [7, 11) is 0. The van der Waals surface area contributed by atoms with Gasteiger partial charge in [-0.1, -0.05) is 78.1 Å². The smallest absolute Gasteiger partial charge is 0.266 e. The average Bonchev–Trinajstić information content (AvgIpc) is 2.98. The van der Waals surface area contributed by atoms with Crippen molar-refractivity contribution in [1.82, 2.24) is 4.90 Å². The number of anilines is 1. The second kappa shape index (κ2) is 10.7. The number of nitrogens with zero attached hydrogens (tertiary/aromatic N) is 1. The van der Waals surface area contributed by atoms with Crippen LogP contribution in [0.1, 0.15) is 42.0 Å². The van der Waals surface area contributed by atoms with Crippen LogP contribution < -0.4 is 5.32 Å². The fourth-order valence-electron chi connectivity index (χ4n) is 3.73. The summed E-state index contributed by atoms with van der Waals surface area (Å²) in [5.74, 6) is -0.144. The molecule has 32 heavy (non-hydrogen) atoms. The van der Waals surface area contributed by atoms with E-state index in [1.807, 2.05) is 70.2 Å². The Bertz CT molecular complexity index is 1080. The first-order valence-corrected chi connectivity index (χ1v) is 11.8. The molecule has 0 radical (unpaired) electrons. The minimum atomic E-state index is -0.0913. The van der Waals surface area contributed by atoms with Crippen LogP contribution in [-0.2, 0) is 9.59 Å². The van der Waals surface area contributed by atoms with Crippen molar-refractivity contribution >= 4 is 51.9 Å². The average molecular weight is 465 g/mol. The van der Waals surface area contributed by atoms with E-state index >= 15 is 0 Å². The van der Waals surface area contributed by atoms with Crippen LogP contribution in [0, 0.1) is 20.8 Å². The molecule has 0 atom stereocenters. The lowest BCUT2D eigenvalue weighted by Crippen LogP contribution is -2.29. The van der Waals surface area contributed by atoms with E-state index in [0.29, 0.717) is 28.6 Å². The van der Waals surface area contributed by atoms with Crippen LogP contribution in [0.2, 0.25) is 0 Å². The number of carbonyl (C=O) groups is 2. The van der Waals surface area contributed by atoms with Gasteiger partial charge in [-0.3, -0.25) is 14.5 Å². The Kier molecular flexibility index (Phi) is 8.04. The monoisotopic (exact) mass is 464 g/mol. The number of hydrogen-bond donors (Lipinski definition) is 1. The summed E-state index contributed by atoms with van der Waals surface area (Å²) < 4.78 is 0.541. The molecule has 0 spiro atoms. The molecule has 0 saturated carbocycles. The van der Waals surface area contributed by atoms with Crippen molar-refractivity contribution in [3.8, 4) is 0 Å². The Balaban J connectivity index is 1.56. The summed E-state index contributed by atoms with van der Waals surface area (Å²) >= 11 is 6.73. The van der Waals surface area contributed by atoms with Gasteiger partial charge in [0.15, 0.2) is 0 Å². The molecule has 0 aromatic heterocycles. The van der Waals surface area contributed by atoms with E-state index in [1.165, 1.54) is 17.3 Å². The maximum Gasteiger partial charge on any atom is 0.266 e. The lowest BCUT2D eigenvalue weighted by atomic mass is 10.0. The van der Waals surface area contributed by atoms with Crippen LogP contribution >= 0.6 is 24.0 Å². The number of thiocarbonyl (C=S) groups is 1. The topological polar surface area (TPSA) is 49.4 Å². The molecule has 2 aromatic carbocycles. The predicted octanol–water partition coefficient (Wildman–Crippen LogP) is 6.18. The van der Waals surface area contributed by atoms with Crippen molar-refractivity contribution < 1.29 is 9.59 Å². The summed E-state index contributed by atoms with van der Waals surface area (Å²) in [5, 5.41) is 3.01. The number of allylic oxidation sites excluding steroid dienone is 2. The Hall–Kier alpha value is -2.70. The van der Waals surface area contributed by atoms with Gasteiger partial charge in [-0.15, -0.1) is 0 Å². The highest BCUT2D eigenvalue weighted by Crippen LogP contribution is 2.32. The van der Waals surface area contributed by atoms with Crippen LogP contribution in [-0.4, -0.2) is 27.6 Å². The Morgan fingerprint density at radius 2 is 1.78 bits per heavy atom. The molecular formula is C26H28N2O2S2. The molecule has 6 heteroatoms. The number of amides is 2. The van der Waals surface area contributed by atoms with Gasteiger partial charge in [-0.25, -0.2) is 0 Å². The standard InChI is InChI=1S/C26H28N2O2S2/c1-17-13-19(3)24(20(4)14-17)27-23(29)11-8-12-28-25(30)22(32-26(28)31)16-18(2)15-21-9-6-5-7-10-21/h5-7,9-10,13-16H,8,11-12H2,1-4H3,(H,27,29)/b18-15+,22-16-. The molecule has 1 heterocycles. The van der Waals surface area contributed by atoms with E-state index in [9.17, 15) is 9.59 Å². The van der Waals surface area contributed by atoms with Gasteiger partial charge in [0, 0.05) is 18.7 Å². The third kappa shape index (κ3) is 6.17. The molecule has 4 nitrogen and oxygen atoms in total. The summed E-state index contributed by atoms with van der Waals surface area (Å²) in [6.45, 7) is 8.44. The van der Waals surface area contributed by atoms with Gasteiger partial charge >= 0.3 is 0 Å². The van der Waals surface area contributed by atoms with E-state index < -0.39 is 0 Å². The fourth-order valence-corrected chi connectivity index (χ4v) is 5.09. The normalized spacial score (nSPS) is 15.6. The van der Waals surface area contributed by atoms with Gasteiger partial charge in [-0.05, 0) is 62.5 Å². The molecule has 166 valence electrons. The Morgan fingerprint density at radius 1 is 1.12 bits per heavy atom. The largest absolute Gasteiger partial charge is 0.326 e. The van der Waals surface area contributed by atoms with Crippen LogP contribution in [0.5, 0.6) is 0 Å². The minimum Gasteiger partial charge on any atom is -0.326 e. The lowest BCUT2D eigenvalue weighted by molar-refractivity contribution is -0.122. The van der Waals surface area contributed by atoms with Crippen molar-refractivity contribution in [2.75, 3.05) is 11.9 Å². The Labute approximate surface area is 199 Å². The molecule has 0 bridgehead atoms. The molecule has 1 fully saturated rings. The van der Waals surface area contributed by atoms with Gasteiger partial charge in [0.05, 0.1) is 4.91 Å². The van der Waals surface area contributed by atoms with E-state index in [1.54, 1.807) is 4.90 Å². The minimum absolute atomic E-state index is 0.0531. The van der Waals surface area contributed by atoms with Crippen LogP contribution in [0.15, 0.2) is 59.0 Å². The number of hydrogen-bond acceptors (Lipinski definition) is 4. The van der Waals surface area contributed by atoms with Crippen molar-refractivity contribution in [1.29, 1.82) is 0 Å². The summed E-state index contributed by atoms with van der Waals surface area (Å²) in [5.41, 5.74) is 6.22. The van der Waals surface area contributed by atoms with Gasteiger partial charge in [0.25, 0.3) is 5.91 Å². The molecule has 1 aliphatic rings. The van der Waals surface area contributed by atoms with Crippen molar-refractivity contribution in [3.63, 3.8) is 0 Å². The third-order valence-electron chi connectivity index (χ3n) is 5.15. The lowest BCUT2D eigenvalue weighted by Gasteiger charge is -2.15. The summed E-state index contributed by atoms with van der Waals surface area (Å²) in [4.78, 5) is 27.5. The quantitative estimate of drug-likeness (QED) is 0.393. The van der Waals surface area contributed by atoms with E-state index in [-0.39, 0.29) is 11.8 Å². The number of carbonyl (C=O) groups excluding carboxylic acids is 2. The number of aryl methyl sites for hydroxylation is 3. The van der Waals surface area contributed by atoms with Crippen molar-refractivity contribution in [2.24, 2.45) is 0 Å². The number of rotatable bonds is 7. The Morgan fingerprint density at radius 3 is 2.44 bits per heavy atom. The third-order valence-corrected chi connectivity index (χ3v) is 6.53. The molecule has 3 rings (SSSR count). The van der Waals surface area contributed by atoms with Gasteiger partial charge in [0.2, 0.25) is 5.91 Å². The van der Waals surface area contributed by atoms with Crippen LogP contribution in [0.3, 0.4) is 0 Å². The van der Waals surface area contributed by atoms with Gasteiger partial charge in [0.1, 0.15) is 4.32 Å². The number of thioether (sulfide) groups is 1. The fraction of sp³-hybridized carbons (Fsp3) is 0.269. The molecule has 0 unspecified atom stereocenters. The van der Waals surface area contributed by atoms with E-state index in [2.05, 4.69) is 17.4 Å². The first-order valence-electron chi connectivity index (χ1n) is 10.6. The first-order chi connectivity index (χ1) is 15.2. The summed E-state index contributed by atoms with van der Waals surface area (Å²) in [6, 6.07) is 14.1. The zero-order chi connectivity index (χ0) is 23.3. The highest BCUT2D eigenvalue weighted by molar-refractivity contribution is 8.26. The zero-order valence-electron chi connectivity index (χ0n) is 18.9. The maximum atomic E-state index is 12.8. The SMILES string of the molecule is CC(/C=C1\SC(=S)N(CCCC(=O)Nc2c(C)cc(C)cc2C)C1=O)=C\c1ccccc1. The molecular weight excluding hydrogens is 436 g/mol. The summed E-state index contributed by atoms with van der Waals surface area (Å²) in [6.07, 6.45) is 4.79. The van der Waals surface area contributed by atoms with Crippen molar-refractivity contribution in [3.05, 3.63) is 81.3 Å². The number of benzene rings is 2. The highest BCUT2D eigenvalue weighted by Gasteiger charge is 2.31. The van der Waals surface area contributed by atoms with E-state index in [4.69, 9.17) is 12.2 Å². The van der Waals surface area contributed by atoms with E-state index in [0.717, 1.165) is 28.0 Å². The van der Waals surface area contributed by atoms with Gasteiger partial charge in [-0.2, -0.15) is 0 Å². The second-order valence-corrected chi connectivity index (χ2v) is 9.73. The van der Waals surface area contributed by atoms with Crippen LogP contribution in [0.4, 0.5) is 5.69 Å². The zero-order valence-corrected chi connectivity index (χ0v) is 20.5. The highest BCUT2D eigenvalue weighted by atomic mass is 32.2. The number of nitrogens with one attached hydrogen (secondary N) is 1. The molecule has 2 amide bonds.